The third-order valence-corrected chi connectivity index (χ3v) is 7.31. The van der Waals surface area contributed by atoms with Crippen molar-refractivity contribution >= 4 is 11.7 Å². The summed E-state index contributed by atoms with van der Waals surface area (Å²) >= 11 is 0. The van der Waals surface area contributed by atoms with E-state index < -0.39 is 0 Å². The highest BCUT2D eigenvalue weighted by molar-refractivity contribution is 5.91. The molecule has 1 saturated carbocycles. The zero-order valence-electron chi connectivity index (χ0n) is 18.2. The number of methoxy groups -OCH3 is 1. The molecule has 1 aromatic carbocycles. The summed E-state index contributed by atoms with van der Waals surface area (Å²) in [5.74, 6) is 1.60. The van der Waals surface area contributed by atoms with Crippen LogP contribution in [-0.4, -0.2) is 35.7 Å². The van der Waals surface area contributed by atoms with Crippen molar-refractivity contribution in [3.8, 4) is 5.75 Å². The first-order valence-electron chi connectivity index (χ1n) is 11.6. The second kappa shape index (κ2) is 8.40. The third kappa shape index (κ3) is 3.84. The lowest BCUT2D eigenvalue weighted by molar-refractivity contribution is 0.139. The summed E-state index contributed by atoms with van der Waals surface area (Å²) in [5, 5.41) is 3.00. The van der Waals surface area contributed by atoms with Crippen LogP contribution in [0.3, 0.4) is 0 Å². The SMILES string of the molecule is COc1ccccc1NC(=O)N1CC2CC(C1)c1ccc(C3CCCCC3)c(=O)n1C2. The summed E-state index contributed by atoms with van der Waals surface area (Å²) in [6.07, 6.45) is 7.07. The van der Waals surface area contributed by atoms with E-state index in [-0.39, 0.29) is 17.5 Å². The number of ether oxygens (including phenoxy) is 1. The highest BCUT2D eigenvalue weighted by Gasteiger charge is 2.37. The number of carbonyl (C=O) groups is 1. The van der Waals surface area contributed by atoms with Crippen molar-refractivity contribution < 1.29 is 9.53 Å². The molecule has 3 aliphatic rings. The molecule has 2 aromatic rings. The monoisotopic (exact) mass is 421 g/mol. The summed E-state index contributed by atoms with van der Waals surface area (Å²) in [7, 11) is 1.60. The number of urea groups is 1. The second-order valence-corrected chi connectivity index (χ2v) is 9.30. The molecule has 2 unspecified atom stereocenters. The third-order valence-electron chi connectivity index (χ3n) is 7.31. The van der Waals surface area contributed by atoms with Crippen molar-refractivity contribution in [1.29, 1.82) is 0 Å². The van der Waals surface area contributed by atoms with Crippen molar-refractivity contribution in [2.24, 2.45) is 5.92 Å². The molecule has 2 bridgehead atoms. The fraction of sp³-hybridized carbons (Fsp3) is 0.520. The van der Waals surface area contributed by atoms with Crippen LogP contribution >= 0.6 is 0 Å². The van der Waals surface area contributed by atoms with Crippen molar-refractivity contribution in [2.45, 2.75) is 56.9 Å². The number of fused-ring (bicyclic) bond motifs is 4. The minimum atomic E-state index is -0.103. The van der Waals surface area contributed by atoms with Crippen LogP contribution in [0.5, 0.6) is 5.75 Å². The summed E-state index contributed by atoms with van der Waals surface area (Å²) < 4.78 is 7.38. The van der Waals surface area contributed by atoms with Crippen LogP contribution in [0.25, 0.3) is 0 Å². The first kappa shape index (κ1) is 20.2. The Morgan fingerprint density at radius 1 is 1.00 bits per heavy atom. The second-order valence-electron chi connectivity index (χ2n) is 9.30. The number of hydrogen-bond acceptors (Lipinski definition) is 3. The number of rotatable bonds is 3. The number of anilines is 1. The quantitative estimate of drug-likeness (QED) is 0.790. The Bertz CT molecular complexity index is 1020. The highest BCUT2D eigenvalue weighted by Crippen LogP contribution is 2.37. The van der Waals surface area contributed by atoms with E-state index in [0.29, 0.717) is 42.9 Å². The van der Waals surface area contributed by atoms with Gasteiger partial charge in [-0.3, -0.25) is 4.79 Å². The van der Waals surface area contributed by atoms with Gasteiger partial charge in [0, 0.05) is 36.8 Å². The van der Waals surface area contributed by atoms with Gasteiger partial charge >= 0.3 is 6.03 Å². The van der Waals surface area contributed by atoms with E-state index in [0.717, 1.165) is 30.5 Å². The first-order valence-corrected chi connectivity index (χ1v) is 11.6. The van der Waals surface area contributed by atoms with Gasteiger partial charge in [-0.15, -0.1) is 0 Å². The number of pyridine rings is 1. The van der Waals surface area contributed by atoms with E-state index in [1.807, 2.05) is 33.7 Å². The molecule has 31 heavy (non-hydrogen) atoms. The van der Waals surface area contributed by atoms with Crippen molar-refractivity contribution in [3.05, 3.63) is 58.0 Å². The van der Waals surface area contributed by atoms with Crippen LogP contribution in [-0.2, 0) is 6.54 Å². The zero-order valence-corrected chi connectivity index (χ0v) is 18.2. The molecule has 5 rings (SSSR count). The zero-order chi connectivity index (χ0) is 21.4. The van der Waals surface area contributed by atoms with Crippen LogP contribution in [0, 0.1) is 5.92 Å². The average molecular weight is 422 g/mol. The number of likely N-dealkylation sites (tertiary alicyclic amines) is 1. The summed E-state index contributed by atoms with van der Waals surface area (Å²) in [6.45, 7) is 2.03. The molecule has 1 aliphatic carbocycles. The lowest BCUT2D eigenvalue weighted by Gasteiger charge is -2.43. The molecule has 2 atom stereocenters. The number of nitrogens with one attached hydrogen (secondary N) is 1. The molecule has 1 aromatic heterocycles. The van der Waals surface area contributed by atoms with Crippen LogP contribution < -0.4 is 15.6 Å². The van der Waals surface area contributed by atoms with Gasteiger partial charge in [-0.1, -0.05) is 37.5 Å². The predicted octanol–water partition coefficient (Wildman–Crippen LogP) is 4.56. The van der Waals surface area contributed by atoms with Crippen molar-refractivity contribution in [3.63, 3.8) is 0 Å². The fourth-order valence-electron chi connectivity index (χ4n) is 5.80. The average Bonchev–Trinajstić information content (AvgIpc) is 2.80. The van der Waals surface area contributed by atoms with Crippen LogP contribution in [0.15, 0.2) is 41.2 Å². The van der Waals surface area contributed by atoms with Gasteiger partial charge in [0.15, 0.2) is 0 Å². The number of aromatic nitrogens is 1. The predicted molar refractivity (Wildman–Crippen MR) is 121 cm³/mol. The van der Waals surface area contributed by atoms with Crippen LogP contribution in [0.2, 0.25) is 0 Å². The largest absolute Gasteiger partial charge is 0.495 e. The van der Waals surface area contributed by atoms with E-state index in [1.54, 1.807) is 7.11 Å². The smallest absolute Gasteiger partial charge is 0.321 e. The van der Waals surface area contributed by atoms with Gasteiger partial charge in [-0.05, 0) is 49.3 Å². The van der Waals surface area contributed by atoms with Crippen LogP contribution in [0.1, 0.15) is 61.6 Å². The number of carbonyl (C=O) groups excluding carboxylic acids is 1. The van der Waals surface area contributed by atoms with Gasteiger partial charge in [-0.25, -0.2) is 4.79 Å². The Balaban J connectivity index is 1.35. The Labute approximate surface area is 183 Å². The molecular weight excluding hydrogens is 390 g/mol. The van der Waals surface area contributed by atoms with E-state index in [4.69, 9.17) is 4.74 Å². The number of benzene rings is 1. The van der Waals surface area contributed by atoms with Gasteiger partial charge in [0.1, 0.15) is 5.75 Å². The summed E-state index contributed by atoms with van der Waals surface area (Å²) in [4.78, 5) is 28.2. The minimum absolute atomic E-state index is 0.103. The lowest BCUT2D eigenvalue weighted by Crippen LogP contribution is -2.50. The molecule has 6 heteroatoms. The molecule has 0 spiro atoms. The Morgan fingerprint density at radius 3 is 2.61 bits per heavy atom. The van der Waals surface area contributed by atoms with E-state index >= 15 is 0 Å². The molecular formula is C25H31N3O3. The number of nitrogens with zero attached hydrogens (tertiary/aromatic N) is 2. The van der Waals surface area contributed by atoms with Gasteiger partial charge in [0.25, 0.3) is 5.56 Å². The van der Waals surface area contributed by atoms with Crippen molar-refractivity contribution in [2.75, 3.05) is 25.5 Å². The van der Waals surface area contributed by atoms with Gasteiger partial charge in [-0.2, -0.15) is 0 Å². The summed E-state index contributed by atoms with van der Waals surface area (Å²) in [5.41, 5.74) is 3.00. The van der Waals surface area contributed by atoms with Gasteiger partial charge in [0.2, 0.25) is 0 Å². The standard InChI is InChI=1S/C25H31N3O3/c1-31-23-10-6-5-9-21(23)26-25(30)27-14-17-13-19(16-27)22-12-11-20(24(29)28(22)15-17)18-7-3-2-4-8-18/h5-6,9-12,17-19H,2-4,7-8,13-16H2,1H3,(H,26,30). The highest BCUT2D eigenvalue weighted by atomic mass is 16.5. The molecule has 2 aliphatic heterocycles. The lowest BCUT2D eigenvalue weighted by atomic mass is 9.81. The number of para-hydroxylation sites is 2. The van der Waals surface area contributed by atoms with Gasteiger partial charge in [0.05, 0.1) is 12.8 Å². The maximum atomic E-state index is 13.3. The first-order chi connectivity index (χ1) is 15.1. The molecule has 164 valence electrons. The number of hydrogen-bond donors (Lipinski definition) is 1. The maximum absolute atomic E-state index is 13.3. The number of amides is 2. The molecule has 0 radical (unpaired) electrons. The normalized spacial score (nSPS) is 23.2. The Kier molecular flexibility index (Phi) is 5.47. The maximum Gasteiger partial charge on any atom is 0.321 e. The molecule has 2 amide bonds. The molecule has 1 N–H and O–H groups in total. The molecule has 2 fully saturated rings. The van der Waals surface area contributed by atoms with E-state index in [1.165, 1.54) is 19.3 Å². The van der Waals surface area contributed by atoms with Crippen molar-refractivity contribution in [1.82, 2.24) is 9.47 Å². The molecule has 1 saturated heterocycles. The Hall–Kier alpha value is -2.76. The minimum Gasteiger partial charge on any atom is -0.495 e. The number of piperidine rings is 1. The van der Waals surface area contributed by atoms with E-state index in [9.17, 15) is 9.59 Å². The Morgan fingerprint density at radius 2 is 1.81 bits per heavy atom. The van der Waals surface area contributed by atoms with Gasteiger partial charge < -0.3 is 19.5 Å². The topological polar surface area (TPSA) is 63.6 Å². The molecule has 3 heterocycles. The van der Waals surface area contributed by atoms with E-state index in [2.05, 4.69) is 17.4 Å². The summed E-state index contributed by atoms with van der Waals surface area (Å²) in [6, 6.07) is 11.6. The fourth-order valence-corrected chi connectivity index (χ4v) is 5.80. The molecule has 6 nitrogen and oxygen atoms in total. The van der Waals surface area contributed by atoms with Crippen LogP contribution in [0.4, 0.5) is 10.5 Å².